The fourth-order valence-corrected chi connectivity index (χ4v) is 3.42. The molecule has 2 heterocycles. The molecule has 2 rings (SSSR count). The summed E-state index contributed by atoms with van der Waals surface area (Å²) in [5.74, 6) is 1.25. The van der Waals surface area contributed by atoms with E-state index in [1.165, 1.54) is 18.6 Å². The minimum Gasteiger partial charge on any atom is -0.337 e. The van der Waals surface area contributed by atoms with Gasteiger partial charge in [-0.1, -0.05) is 0 Å². The summed E-state index contributed by atoms with van der Waals surface area (Å²) >= 11 is 1.98. The number of hydrogen-bond acceptors (Lipinski definition) is 3. The van der Waals surface area contributed by atoms with Gasteiger partial charge in [-0.2, -0.15) is 11.8 Å². The molecule has 0 saturated carbocycles. The van der Waals surface area contributed by atoms with Gasteiger partial charge in [0.1, 0.15) is 0 Å². The lowest BCUT2D eigenvalue weighted by Gasteiger charge is -2.24. The lowest BCUT2D eigenvalue weighted by molar-refractivity contribution is 0.234. The molecule has 2 atom stereocenters. The molecule has 3 N–H and O–H groups in total. The fourth-order valence-electron chi connectivity index (χ4n) is 2.22. The number of carbonyl (C=O) groups is 1. The third kappa shape index (κ3) is 3.87. The Labute approximate surface area is 101 Å². The second kappa shape index (κ2) is 6.35. The van der Waals surface area contributed by atoms with Crippen LogP contribution in [0.4, 0.5) is 4.79 Å². The summed E-state index contributed by atoms with van der Waals surface area (Å²) in [6.45, 7) is 2.81. The zero-order valence-electron chi connectivity index (χ0n) is 9.63. The molecule has 2 aliphatic rings. The molecule has 0 aliphatic carbocycles. The van der Waals surface area contributed by atoms with Gasteiger partial charge in [-0.25, -0.2) is 4.79 Å². The van der Waals surface area contributed by atoms with Gasteiger partial charge < -0.3 is 16.0 Å². The second-order valence-electron chi connectivity index (χ2n) is 4.53. The lowest BCUT2D eigenvalue weighted by atomic mass is 10.1. The molecular formula is C11H21N3OS. The average molecular weight is 243 g/mol. The molecule has 2 amide bonds. The zero-order valence-corrected chi connectivity index (χ0v) is 10.4. The van der Waals surface area contributed by atoms with Crippen molar-refractivity contribution in [3.05, 3.63) is 0 Å². The third-order valence-electron chi connectivity index (χ3n) is 3.15. The van der Waals surface area contributed by atoms with E-state index in [1.807, 2.05) is 11.8 Å². The number of rotatable bonds is 3. The number of urea groups is 1. The van der Waals surface area contributed by atoms with Crippen molar-refractivity contribution < 1.29 is 4.79 Å². The molecule has 2 aliphatic heterocycles. The number of nitrogens with one attached hydrogen (secondary N) is 3. The summed E-state index contributed by atoms with van der Waals surface area (Å²) < 4.78 is 0. The van der Waals surface area contributed by atoms with Crippen LogP contribution in [-0.2, 0) is 0 Å². The van der Waals surface area contributed by atoms with Crippen molar-refractivity contribution >= 4 is 17.8 Å². The Morgan fingerprint density at radius 2 is 2.31 bits per heavy atom. The topological polar surface area (TPSA) is 53.2 Å². The first-order chi connectivity index (χ1) is 7.84. The number of thioether (sulfide) groups is 1. The predicted molar refractivity (Wildman–Crippen MR) is 67.9 cm³/mol. The van der Waals surface area contributed by atoms with E-state index in [4.69, 9.17) is 0 Å². The number of carbonyl (C=O) groups excluding carboxylic acids is 1. The molecule has 2 saturated heterocycles. The maximum atomic E-state index is 11.6. The molecule has 16 heavy (non-hydrogen) atoms. The minimum atomic E-state index is 0.00111. The Morgan fingerprint density at radius 3 is 3.00 bits per heavy atom. The number of piperidine rings is 1. The predicted octanol–water partition coefficient (Wildman–Crippen LogP) is 0.933. The van der Waals surface area contributed by atoms with Gasteiger partial charge in [0.05, 0.1) is 0 Å². The Hall–Kier alpha value is -0.420. The molecule has 2 unspecified atom stereocenters. The van der Waals surface area contributed by atoms with Crippen molar-refractivity contribution in [2.24, 2.45) is 0 Å². The maximum Gasteiger partial charge on any atom is 0.315 e. The van der Waals surface area contributed by atoms with Crippen molar-refractivity contribution in [2.45, 2.75) is 37.0 Å². The molecule has 2 fully saturated rings. The Morgan fingerprint density at radius 1 is 1.38 bits per heavy atom. The highest BCUT2D eigenvalue weighted by Gasteiger charge is 2.18. The Balaban J connectivity index is 1.59. The molecule has 0 radical (unpaired) electrons. The van der Waals surface area contributed by atoms with Crippen LogP contribution >= 0.6 is 11.8 Å². The summed E-state index contributed by atoms with van der Waals surface area (Å²) in [4.78, 5) is 11.6. The minimum absolute atomic E-state index is 0.00111. The normalized spacial score (nSPS) is 30.0. The van der Waals surface area contributed by atoms with E-state index < -0.39 is 0 Å². The van der Waals surface area contributed by atoms with E-state index in [9.17, 15) is 4.79 Å². The summed E-state index contributed by atoms with van der Waals surface area (Å²) in [5, 5.41) is 9.92. The molecule has 0 bridgehead atoms. The molecule has 0 aromatic heterocycles. The van der Waals surface area contributed by atoms with Gasteiger partial charge in [0.15, 0.2) is 0 Å². The standard InChI is InChI=1S/C11H21N3OS/c15-11(13-8-10-4-2-6-16-10)14-9-3-1-5-12-7-9/h9-10,12H,1-8H2,(H2,13,14,15). The van der Waals surface area contributed by atoms with Crippen LogP contribution in [0.25, 0.3) is 0 Å². The van der Waals surface area contributed by atoms with E-state index in [2.05, 4.69) is 16.0 Å². The summed E-state index contributed by atoms with van der Waals surface area (Å²) in [7, 11) is 0. The van der Waals surface area contributed by atoms with Crippen molar-refractivity contribution in [1.29, 1.82) is 0 Å². The molecule has 0 spiro atoms. The van der Waals surface area contributed by atoms with E-state index in [-0.39, 0.29) is 6.03 Å². The second-order valence-corrected chi connectivity index (χ2v) is 5.94. The first-order valence-electron chi connectivity index (χ1n) is 6.21. The first kappa shape index (κ1) is 12.0. The fraction of sp³-hybridized carbons (Fsp3) is 0.909. The Bertz CT molecular complexity index is 225. The molecule has 0 aromatic rings. The van der Waals surface area contributed by atoms with Crippen LogP contribution in [-0.4, -0.2) is 42.7 Å². The van der Waals surface area contributed by atoms with Gasteiger partial charge in [-0.05, 0) is 38.0 Å². The van der Waals surface area contributed by atoms with E-state index in [0.29, 0.717) is 11.3 Å². The third-order valence-corrected chi connectivity index (χ3v) is 4.54. The molecule has 4 nitrogen and oxygen atoms in total. The van der Waals surface area contributed by atoms with Gasteiger partial charge in [0, 0.05) is 24.4 Å². The highest BCUT2D eigenvalue weighted by Crippen LogP contribution is 2.25. The van der Waals surface area contributed by atoms with Gasteiger partial charge in [-0.3, -0.25) is 0 Å². The van der Waals surface area contributed by atoms with Crippen LogP contribution in [0.2, 0.25) is 0 Å². The molecule has 0 aromatic carbocycles. The lowest BCUT2D eigenvalue weighted by Crippen LogP contribution is -2.49. The van der Waals surface area contributed by atoms with Crippen molar-refractivity contribution in [1.82, 2.24) is 16.0 Å². The van der Waals surface area contributed by atoms with Gasteiger partial charge >= 0.3 is 6.03 Å². The number of amides is 2. The van der Waals surface area contributed by atoms with Crippen LogP contribution in [0, 0.1) is 0 Å². The van der Waals surface area contributed by atoms with Crippen LogP contribution in [0.1, 0.15) is 25.7 Å². The highest BCUT2D eigenvalue weighted by molar-refractivity contribution is 8.00. The highest BCUT2D eigenvalue weighted by atomic mass is 32.2. The van der Waals surface area contributed by atoms with Crippen molar-refractivity contribution in [3.63, 3.8) is 0 Å². The van der Waals surface area contributed by atoms with Crippen LogP contribution in [0.5, 0.6) is 0 Å². The molecule has 5 heteroatoms. The monoisotopic (exact) mass is 243 g/mol. The van der Waals surface area contributed by atoms with E-state index in [0.717, 1.165) is 32.5 Å². The molecule has 92 valence electrons. The smallest absolute Gasteiger partial charge is 0.315 e. The van der Waals surface area contributed by atoms with Gasteiger partial charge in [0.25, 0.3) is 0 Å². The van der Waals surface area contributed by atoms with Crippen LogP contribution < -0.4 is 16.0 Å². The number of hydrogen-bond donors (Lipinski definition) is 3. The first-order valence-corrected chi connectivity index (χ1v) is 7.26. The van der Waals surface area contributed by atoms with Crippen LogP contribution in [0.3, 0.4) is 0 Å². The maximum absolute atomic E-state index is 11.6. The zero-order chi connectivity index (χ0) is 11.2. The van der Waals surface area contributed by atoms with E-state index in [1.54, 1.807) is 0 Å². The van der Waals surface area contributed by atoms with Crippen LogP contribution in [0.15, 0.2) is 0 Å². The summed E-state index contributed by atoms with van der Waals surface area (Å²) in [6.07, 6.45) is 4.79. The molecular weight excluding hydrogens is 222 g/mol. The summed E-state index contributed by atoms with van der Waals surface area (Å²) in [6, 6.07) is 0.311. The van der Waals surface area contributed by atoms with Crippen molar-refractivity contribution in [3.8, 4) is 0 Å². The largest absolute Gasteiger partial charge is 0.337 e. The average Bonchev–Trinajstić information content (AvgIpc) is 2.81. The van der Waals surface area contributed by atoms with E-state index >= 15 is 0 Å². The van der Waals surface area contributed by atoms with Crippen molar-refractivity contribution in [2.75, 3.05) is 25.4 Å². The quantitative estimate of drug-likeness (QED) is 0.691. The van der Waals surface area contributed by atoms with Gasteiger partial charge in [0.2, 0.25) is 0 Å². The SMILES string of the molecule is O=C(NCC1CCCS1)NC1CCCNC1. The summed E-state index contributed by atoms with van der Waals surface area (Å²) in [5.41, 5.74) is 0. The van der Waals surface area contributed by atoms with Gasteiger partial charge in [-0.15, -0.1) is 0 Å². The Kier molecular flexibility index (Phi) is 4.78.